The molecule has 0 aromatic heterocycles. The first-order valence-corrected chi connectivity index (χ1v) is 7.38. The Morgan fingerprint density at radius 3 is 2.14 bits per heavy atom. The third-order valence-corrected chi connectivity index (χ3v) is 3.78. The predicted octanol–water partition coefficient (Wildman–Crippen LogP) is 3.56. The van der Waals surface area contributed by atoms with Crippen molar-refractivity contribution in [2.75, 3.05) is 26.2 Å². The largest absolute Gasteiger partial charge is 0.367 e. The Morgan fingerprint density at radius 1 is 1.00 bits per heavy atom. The van der Waals surface area contributed by atoms with E-state index in [9.17, 15) is 4.39 Å². The van der Waals surface area contributed by atoms with E-state index in [0.717, 1.165) is 17.7 Å². The molecule has 0 radical (unpaired) electrons. The van der Waals surface area contributed by atoms with Crippen LogP contribution in [0.4, 0.5) is 4.39 Å². The number of nitrogens with zero attached hydrogens (tertiary/aromatic N) is 1. The second kappa shape index (κ2) is 6.37. The van der Waals surface area contributed by atoms with Gasteiger partial charge in [-0.05, 0) is 30.2 Å². The lowest BCUT2D eigenvalue weighted by molar-refractivity contribution is 0.0751. The molecule has 0 aliphatic carbocycles. The first-order chi connectivity index (χ1) is 10.2. The summed E-state index contributed by atoms with van der Waals surface area (Å²) < 4.78 is 19.2. The predicted molar refractivity (Wildman–Crippen MR) is 81.8 cm³/mol. The van der Waals surface area contributed by atoms with Crippen LogP contribution in [0.25, 0.3) is 0 Å². The highest BCUT2D eigenvalue weighted by Gasteiger charge is 2.19. The van der Waals surface area contributed by atoms with Gasteiger partial charge in [0.05, 0.1) is 6.61 Å². The molecule has 2 aromatic carbocycles. The quantitative estimate of drug-likeness (QED) is 0.752. The maximum absolute atomic E-state index is 13.1. The second-order valence-corrected chi connectivity index (χ2v) is 5.55. The number of hydrogen-bond acceptors (Lipinski definition) is 2. The van der Waals surface area contributed by atoms with E-state index in [1.54, 1.807) is 12.1 Å². The zero-order valence-corrected chi connectivity index (χ0v) is 12.3. The van der Waals surface area contributed by atoms with E-state index in [1.807, 2.05) is 0 Å². The maximum Gasteiger partial charge on any atom is 0.123 e. The summed E-state index contributed by atoms with van der Waals surface area (Å²) in [5.74, 6) is -0.217. The van der Waals surface area contributed by atoms with Crippen molar-refractivity contribution >= 4 is 0 Å². The fourth-order valence-corrected chi connectivity index (χ4v) is 2.36. The van der Waals surface area contributed by atoms with E-state index < -0.39 is 0 Å². The van der Waals surface area contributed by atoms with Crippen LogP contribution in [0.5, 0.6) is 0 Å². The molecule has 1 aliphatic heterocycles. The Morgan fingerprint density at radius 2 is 1.57 bits per heavy atom. The average molecular weight is 285 g/mol. The number of ether oxygens (including phenoxy) is 1. The van der Waals surface area contributed by atoms with Crippen LogP contribution in [0, 0.1) is 12.7 Å². The molecular formula is C18H20FNO. The van der Waals surface area contributed by atoms with Gasteiger partial charge in [-0.1, -0.05) is 42.0 Å². The van der Waals surface area contributed by atoms with Crippen LogP contribution in [-0.4, -0.2) is 31.1 Å². The molecule has 21 heavy (non-hydrogen) atoms. The molecule has 1 aliphatic rings. The molecule has 0 amide bonds. The second-order valence-electron chi connectivity index (χ2n) is 5.55. The Balaban J connectivity index is 1.78. The molecule has 0 bridgehead atoms. The van der Waals surface area contributed by atoms with Crippen molar-refractivity contribution in [1.82, 2.24) is 4.90 Å². The molecule has 3 heteroatoms. The lowest BCUT2D eigenvalue weighted by atomic mass is 10.0. The molecular weight excluding hydrogens is 265 g/mol. The first-order valence-electron chi connectivity index (χ1n) is 7.38. The van der Waals surface area contributed by atoms with Crippen LogP contribution in [0.3, 0.4) is 0 Å². The monoisotopic (exact) mass is 285 g/mol. The number of hydrogen-bond donors (Lipinski definition) is 0. The Bertz CT molecular complexity index is 530. The van der Waals surface area contributed by atoms with E-state index in [1.165, 1.54) is 30.8 Å². The minimum absolute atomic E-state index is 0.133. The third-order valence-electron chi connectivity index (χ3n) is 3.78. The van der Waals surface area contributed by atoms with E-state index in [2.05, 4.69) is 36.1 Å². The van der Waals surface area contributed by atoms with Gasteiger partial charge in [-0.2, -0.15) is 0 Å². The molecule has 0 N–H and O–H groups in total. The van der Waals surface area contributed by atoms with Crippen molar-refractivity contribution in [1.29, 1.82) is 0 Å². The van der Waals surface area contributed by atoms with Crippen molar-refractivity contribution < 1.29 is 9.13 Å². The Kier molecular flexibility index (Phi) is 4.32. The van der Waals surface area contributed by atoms with Gasteiger partial charge < -0.3 is 4.74 Å². The standard InChI is InChI=1S/C18H20FNO/c1-14-2-4-15(5-3-14)18(21-13-12-20-10-11-20)16-6-8-17(19)9-7-16/h2-9,18H,10-13H2,1H3. The summed E-state index contributed by atoms with van der Waals surface area (Å²) in [5.41, 5.74) is 3.32. The highest BCUT2D eigenvalue weighted by atomic mass is 19.1. The fourth-order valence-electron chi connectivity index (χ4n) is 2.36. The van der Waals surface area contributed by atoms with Crippen LogP contribution in [0.15, 0.2) is 48.5 Å². The first kappa shape index (κ1) is 14.2. The zero-order valence-electron chi connectivity index (χ0n) is 12.3. The fraction of sp³-hybridized carbons (Fsp3) is 0.333. The van der Waals surface area contributed by atoms with Gasteiger partial charge in [0.2, 0.25) is 0 Å². The van der Waals surface area contributed by atoms with Crippen LogP contribution in [-0.2, 0) is 4.74 Å². The van der Waals surface area contributed by atoms with Crippen LogP contribution < -0.4 is 0 Å². The van der Waals surface area contributed by atoms with Gasteiger partial charge in [-0.15, -0.1) is 0 Å². The van der Waals surface area contributed by atoms with Gasteiger partial charge in [0.25, 0.3) is 0 Å². The summed E-state index contributed by atoms with van der Waals surface area (Å²) >= 11 is 0. The molecule has 1 saturated heterocycles. The van der Waals surface area contributed by atoms with Gasteiger partial charge >= 0.3 is 0 Å². The van der Waals surface area contributed by atoms with Gasteiger partial charge in [0.1, 0.15) is 11.9 Å². The summed E-state index contributed by atoms with van der Waals surface area (Å²) in [6, 6.07) is 14.9. The molecule has 3 rings (SSSR count). The lowest BCUT2D eigenvalue weighted by Gasteiger charge is -2.19. The van der Waals surface area contributed by atoms with Crippen molar-refractivity contribution in [3.05, 3.63) is 71.0 Å². The number of halogens is 1. The van der Waals surface area contributed by atoms with Crippen LogP contribution >= 0.6 is 0 Å². The Hall–Kier alpha value is -1.71. The van der Waals surface area contributed by atoms with Crippen LogP contribution in [0.1, 0.15) is 22.8 Å². The summed E-state index contributed by atoms with van der Waals surface area (Å²) in [7, 11) is 0. The molecule has 110 valence electrons. The zero-order chi connectivity index (χ0) is 14.7. The van der Waals surface area contributed by atoms with E-state index in [4.69, 9.17) is 4.74 Å². The smallest absolute Gasteiger partial charge is 0.123 e. The van der Waals surface area contributed by atoms with Crippen LogP contribution in [0.2, 0.25) is 0 Å². The molecule has 2 aromatic rings. The van der Waals surface area contributed by atoms with Gasteiger partial charge in [0.15, 0.2) is 0 Å². The summed E-state index contributed by atoms with van der Waals surface area (Å²) in [6.07, 6.45) is -0.133. The summed E-state index contributed by atoms with van der Waals surface area (Å²) in [5, 5.41) is 0. The Labute approximate surface area is 125 Å². The SMILES string of the molecule is Cc1ccc(C(OCCN2CC2)c2ccc(F)cc2)cc1. The van der Waals surface area contributed by atoms with Gasteiger partial charge in [0, 0.05) is 19.6 Å². The highest BCUT2D eigenvalue weighted by Crippen LogP contribution is 2.26. The van der Waals surface area contributed by atoms with E-state index >= 15 is 0 Å². The average Bonchev–Trinajstić information content (AvgIpc) is 3.30. The highest BCUT2D eigenvalue weighted by molar-refractivity contribution is 5.32. The summed E-state index contributed by atoms with van der Waals surface area (Å²) in [6.45, 7) is 6.07. The van der Waals surface area contributed by atoms with Gasteiger partial charge in [-0.3, -0.25) is 4.90 Å². The topological polar surface area (TPSA) is 12.2 Å². The third kappa shape index (κ3) is 3.90. The molecule has 1 atom stereocenters. The molecule has 2 nitrogen and oxygen atoms in total. The normalized spacial score (nSPS) is 15.9. The number of rotatable bonds is 6. The van der Waals surface area contributed by atoms with Crippen molar-refractivity contribution in [3.63, 3.8) is 0 Å². The molecule has 0 spiro atoms. The van der Waals surface area contributed by atoms with Crippen molar-refractivity contribution in [3.8, 4) is 0 Å². The van der Waals surface area contributed by atoms with Crippen molar-refractivity contribution in [2.45, 2.75) is 13.0 Å². The number of benzene rings is 2. The van der Waals surface area contributed by atoms with E-state index in [0.29, 0.717) is 6.61 Å². The lowest BCUT2D eigenvalue weighted by Crippen LogP contribution is -2.13. The maximum atomic E-state index is 13.1. The van der Waals surface area contributed by atoms with Crippen molar-refractivity contribution in [2.24, 2.45) is 0 Å². The summed E-state index contributed by atoms with van der Waals surface area (Å²) in [4.78, 5) is 2.33. The molecule has 1 unspecified atom stereocenters. The van der Waals surface area contributed by atoms with E-state index in [-0.39, 0.29) is 11.9 Å². The molecule has 1 fully saturated rings. The van der Waals surface area contributed by atoms with Gasteiger partial charge in [-0.25, -0.2) is 4.39 Å². The molecule has 1 heterocycles. The molecule has 0 saturated carbocycles. The minimum atomic E-state index is -0.217. The minimum Gasteiger partial charge on any atom is -0.367 e. The number of aryl methyl sites for hydroxylation is 1.